The molecule has 0 aliphatic rings. The van der Waals surface area contributed by atoms with Crippen molar-refractivity contribution in [2.75, 3.05) is 12.8 Å². The summed E-state index contributed by atoms with van der Waals surface area (Å²) in [4.78, 5) is 0.993. The molecule has 2 unspecified atom stereocenters. The highest BCUT2D eigenvalue weighted by Gasteiger charge is 2.08. The van der Waals surface area contributed by atoms with Gasteiger partial charge in [0, 0.05) is 16.7 Å². The predicted octanol–water partition coefficient (Wildman–Crippen LogP) is 2.80. The van der Waals surface area contributed by atoms with E-state index in [4.69, 9.17) is 0 Å². The molecule has 1 N–H and O–H groups in total. The molecule has 0 radical (unpaired) electrons. The van der Waals surface area contributed by atoms with E-state index in [1.807, 2.05) is 26.1 Å². The molecule has 0 aliphatic carbocycles. The Morgan fingerprint density at radius 1 is 1.35 bits per heavy atom. The normalized spacial score (nSPS) is 14.6. The summed E-state index contributed by atoms with van der Waals surface area (Å²) in [5.74, 6) is 0.760. The molecular weight excluding hydrogens is 230 g/mol. The molecule has 17 heavy (non-hydrogen) atoms. The van der Waals surface area contributed by atoms with Gasteiger partial charge in [0.15, 0.2) is 0 Å². The second-order valence-electron chi connectivity index (χ2n) is 4.65. The number of hydrogen-bond acceptors (Lipinski definition) is 2. The van der Waals surface area contributed by atoms with Crippen molar-refractivity contribution in [2.24, 2.45) is 0 Å². The number of rotatable bonds is 6. The van der Waals surface area contributed by atoms with Gasteiger partial charge in [0.2, 0.25) is 0 Å². The van der Waals surface area contributed by atoms with E-state index in [2.05, 4.69) is 25.2 Å². The number of aryl methyl sites for hydroxylation is 2. The quantitative estimate of drug-likeness (QED) is 0.844. The lowest BCUT2D eigenvalue weighted by atomic mass is 10.2. The van der Waals surface area contributed by atoms with Crippen molar-refractivity contribution >= 4 is 10.8 Å². The zero-order valence-electron chi connectivity index (χ0n) is 11.2. The van der Waals surface area contributed by atoms with Gasteiger partial charge in [0.25, 0.3) is 0 Å². The average Bonchev–Trinajstić information content (AvgIpc) is 2.28. The molecule has 0 fully saturated rings. The molecule has 1 rings (SSSR count). The van der Waals surface area contributed by atoms with Gasteiger partial charge in [-0.25, -0.2) is 0 Å². The molecule has 0 heterocycles. The van der Waals surface area contributed by atoms with E-state index in [9.17, 15) is 4.21 Å². The monoisotopic (exact) mass is 253 g/mol. The predicted molar refractivity (Wildman–Crippen MR) is 74.9 cm³/mol. The van der Waals surface area contributed by atoms with Crippen LogP contribution in [0, 0.1) is 13.8 Å². The Morgan fingerprint density at radius 3 is 2.65 bits per heavy atom. The molecule has 0 aliphatic heterocycles. The Hall–Kier alpha value is -0.670. The summed E-state index contributed by atoms with van der Waals surface area (Å²) >= 11 is 0. The van der Waals surface area contributed by atoms with E-state index in [0.29, 0.717) is 6.04 Å². The third kappa shape index (κ3) is 4.60. The highest BCUT2D eigenvalue weighted by molar-refractivity contribution is 7.85. The van der Waals surface area contributed by atoms with Crippen molar-refractivity contribution in [1.82, 2.24) is 5.32 Å². The Labute approximate surface area is 107 Å². The van der Waals surface area contributed by atoms with Gasteiger partial charge in [-0.15, -0.1) is 0 Å². The third-order valence-corrected chi connectivity index (χ3v) is 4.64. The Morgan fingerprint density at radius 2 is 2.06 bits per heavy atom. The Balaban J connectivity index is 2.52. The van der Waals surface area contributed by atoms with Crippen LogP contribution in [0.3, 0.4) is 0 Å². The van der Waals surface area contributed by atoms with Crippen molar-refractivity contribution in [3.05, 3.63) is 29.3 Å². The molecule has 0 spiro atoms. The molecular formula is C14H23NOS. The molecule has 2 atom stereocenters. The molecule has 0 amide bonds. The summed E-state index contributed by atoms with van der Waals surface area (Å²) in [7, 11) is 1.11. The van der Waals surface area contributed by atoms with Crippen LogP contribution in [0.4, 0.5) is 0 Å². The van der Waals surface area contributed by atoms with Gasteiger partial charge < -0.3 is 5.32 Å². The van der Waals surface area contributed by atoms with Crippen molar-refractivity contribution in [3.63, 3.8) is 0 Å². The fourth-order valence-electron chi connectivity index (χ4n) is 1.83. The van der Waals surface area contributed by atoms with Crippen LogP contribution in [0.25, 0.3) is 0 Å². The summed E-state index contributed by atoms with van der Waals surface area (Å²) < 4.78 is 12.1. The van der Waals surface area contributed by atoms with E-state index in [-0.39, 0.29) is 0 Å². The molecule has 2 nitrogen and oxygen atoms in total. The van der Waals surface area contributed by atoms with Gasteiger partial charge in [-0.05, 0) is 52.3 Å². The van der Waals surface area contributed by atoms with E-state index in [1.165, 1.54) is 5.56 Å². The van der Waals surface area contributed by atoms with Gasteiger partial charge in [0.1, 0.15) is 0 Å². The summed E-state index contributed by atoms with van der Waals surface area (Å²) in [6.07, 6.45) is 2.08. The average molecular weight is 253 g/mol. The molecule has 1 aromatic carbocycles. The van der Waals surface area contributed by atoms with Crippen LogP contribution in [0.2, 0.25) is 0 Å². The van der Waals surface area contributed by atoms with E-state index in [1.54, 1.807) is 0 Å². The summed E-state index contributed by atoms with van der Waals surface area (Å²) in [6, 6.07) is 6.65. The fourth-order valence-corrected chi connectivity index (χ4v) is 3.12. The number of nitrogens with one attached hydrogen (secondary N) is 1. The standard InChI is InChI=1S/C14H23NOS/c1-11-7-8-14(12(2)10-11)17(16)9-5-6-13(3)15-4/h7-8,10,13,15H,5-6,9H2,1-4H3. The van der Waals surface area contributed by atoms with Gasteiger partial charge in [-0.2, -0.15) is 0 Å². The molecule has 0 saturated heterocycles. The molecule has 1 aromatic rings. The maximum atomic E-state index is 12.1. The molecule has 96 valence electrons. The zero-order valence-corrected chi connectivity index (χ0v) is 12.1. The maximum Gasteiger partial charge on any atom is 0.0532 e. The van der Waals surface area contributed by atoms with Crippen LogP contribution >= 0.6 is 0 Å². The highest BCUT2D eigenvalue weighted by atomic mass is 32.2. The Bertz CT molecular complexity index is 390. The minimum absolute atomic E-state index is 0.506. The zero-order chi connectivity index (χ0) is 12.8. The van der Waals surface area contributed by atoms with Gasteiger partial charge >= 0.3 is 0 Å². The van der Waals surface area contributed by atoms with Crippen LogP contribution in [0.15, 0.2) is 23.1 Å². The van der Waals surface area contributed by atoms with Gasteiger partial charge in [0.05, 0.1) is 10.8 Å². The second-order valence-corrected chi connectivity index (χ2v) is 6.19. The Kier molecular flexibility index (Phi) is 5.86. The van der Waals surface area contributed by atoms with Crippen LogP contribution in [0.1, 0.15) is 30.9 Å². The summed E-state index contributed by atoms with van der Waals surface area (Å²) in [5.41, 5.74) is 2.37. The van der Waals surface area contributed by atoms with Gasteiger partial charge in [-0.3, -0.25) is 4.21 Å². The maximum absolute atomic E-state index is 12.1. The van der Waals surface area contributed by atoms with Gasteiger partial charge in [-0.1, -0.05) is 17.7 Å². The first-order chi connectivity index (χ1) is 8.04. The lowest BCUT2D eigenvalue weighted by Crippen LogP contribution is -2.21. The van der Waals surface area contributed by atoms with Crippen molar-refractivity contribution in [2.45, 2.75) is 44.6 Å². The highest BCUT2D eigenvalue weighted by Crippen LogP contribution is 2.16. The number of benzene rings is 1. The van der Waals surface area contributed by atoms with Crippen LogP contribution in [0.5, 0.6) is 0 Å². The molecule has 0 saturated carbocycles. The summed E-state index contributed by atoms with van der Waals surface area (Å²) in [6.45, 7) is 6.25. The largest absolute Gasteiger partial charge is 0.317 e. The van der Waals surface area contributed by atoms with Crippen LogP contribution < -0.4 is 5.32 Å². The van der Waals surface area contributed by atoms with Crippen LogP contribution in [-0.4, -0.2) is 23.1 Å². The minimum atomic E-state index is -0.849. The van der Waals surface area contributed by atoms with Crippen molar-refractivity contribution in [3.8, 4) is 0 Å². The SMILES string of the molecule is CNC(C)CCCS(=O)c1ccc(C)cc1C. The van der Waals surface area contributed by atoms with Crippen LogP contribution in [-0.2, 0) is 10.8 Å². The minimum Gasteiger partial charge on any atom is -0.317 e. The smallest absolute Gasteiger partial charge is 0.0532 e. The molecule has 3 heteroatoms. The lowest BCUT2D eigenvalue weighted by Gasteiger charge is -2.10. The first-order valence-corrected chi connectivity index (χ1v) is 7.49. The summed E-state index contributed by atoms with van der Waals surface area (Å²) in [5, 5.41) is 3.20. The topological polar surface area (TPSA) is 29.1 Å². The van der Waals surface area contributed by atoms with E-state index in [0.717, 1.165) is 29.1 Å². The second kappa shape index (κ2) is 6.92. The van der Waals surface area contributed by atoms with E-state index >= 15 is 0 Å². The molecule has 0 bridgehead atoms. The number of hydrogen-bond donors (Lipinski definition) is 1. The third-order valence-electron chi connectivity index (χ3n) is 3.04. The first-order valence-electron chi connectivity index (χ1n) is 6.17. The first kappa shape index (κ1) is 14.4. The van der Waals surface area contributed by atoms with E-state index < -0.39 is 10.8 Å². The fraction of sp³-hybridized carbons (Fsp3) is 0.571. The van der Waals surface area contributed by atoms with Crippen molar-refractivity contribution < 1.29 is 4.21 Å². The van der Waals surface area contributed by atoms with Crippen molar-refractivity contribution in [1.29, 1.82) is 0 Å². The lowest BCUT2D eigenvalue weighted by molar-refractivity contribution is 0.557. The molecule has 0 aromatic heterocycles.